The largest absolute Gasteiger partial charge is 0.382 e. The average molecular weight is 255 g/mol. The fourth-order valence-corrected chi connectivity index (χ4v) is 1.66. The van der Waals surface area contributed by atoms with Gasteiger partial charge in [-0.05, 0) is 19.4 Å². The summed E-state index contributed by atoms with van der Waals surface area (Å²) in [6.07, 6.45) is 3.22. The van der Waals surface area contributed by atoms with E-state index in [4.69, 9.17) is 9.47 Å². The first-order valence-electron chi connectivity index (χ1n) is 6.47. The van der Waals surface area contributed by atoms with Gasteiger partial charge in [0.2, 0.25) is 0 Å². The van der Waals surface area contributed by atoms with Crippen LogP contribution in [0.4, 0.5) is 0 Å². The molecule has 5 nitrogen and oxygen atoms in total. The molecule has 18 heavy (non-hydrogen) atoms. The quantitative estimate of drug-likeness (QED) is 0.728. The van der Waals surface area contributed by atoms with Crippen molar-refractivity contribution in [2.75, 3.05) is 27.4 Å². The number of methoxy groups -OCH3 is 2. The van der Waals surface area contributed by atoms with Crippen LogP contribution in [0.3, 0.4) is 0 Å². The lowest BCUT2D eigenvalue weighted by molar-refractivity contribution is 0.0287. The fourth-order valence-electron chi connectivity index (χ4n) is 1.66. The van der Waals surface area contributed by atoms with Gasteiger partial charge in [0.1, 0.15) is 0 Å². The van der Waals surface area contributed by atoms with Crippen LogP contribution < -0.4 is 5.32 Å². The molecule has 2 atom stereocenters. The van der Waals surface area contributed by atoms with E-state index in [1.165, 1.54) is 0 Å². The summed E-state index contributed by atoms with van der Waals surface area (Å²) in [5.74, 6) is 0. The van der Waals surface area contributed by atoms with E-state index in [0.29, 0.717) is 12.6 Å². The normalized spacial score (nSPS) is 14.7. The van der Waals surface area contributed by atoms with Crippen LogP contribution in [0.15, 0.2) is 12.3 Å². The van der Waals surface area contributed by atoms with Crippen LogP contribution in [0.1, 0.15) is 32.0 Å². The SMILES string of the molecule is CCC(C)n1ccc(CNCC(COC)OC)n1. The van der Waals surface area contributed by atoms with E-state index in [1.807, 2.05) is 10.9 Å². The molecule has 0 radical (unpaired) electrons. The smallest absolute Gasteiger partial charge is 0.0928 e. The van der Waals surface area contributed by atoms with E-state index in [2.05, 4.69) is 30.3 Å². The highest BCUT2D eigenvalue weighted by atomic mass is 16.5. The zero-order chi connectivity index (χ0) is 13.4. The molecular formula is C13H25N3O2. The number of rotatable bonds is 9. The molecule has 0 aliphatic rings. The van der Waals surface area contributed by atoms with Crippen molar-refractivity contribution >= 4 is 0 Å². The standard InChI is InChI=1S/C13H25N3O2/c1-5-11(2)16-7-6-12(15-16)8-14-9-13(18-4)10-17-3/h6-7,11,13-14H,5,8-10H2,1-4H3. The van der Waals surface area contributed by atoms with E-state index in [0.717, 1.165) is 25.2 Å². The van der Waals surface area contributed by atoms with Gasteiger partial charge in [-0.15, -0.1) is 0 Å². The number of hydrogen-bond acceptors (Lipinski definition) is 4. The molecule has 0 saturated heterocycles. The Balaban J connectivity index is 2.32. The van der Waals surface area contributed by atoms with Gasteiger partial charge in [-0.1, -0.05) is 6.92 Å². The second-order valence-corrected chi connectivity index (χ2v) is 4.49. The topological polar surface area (TPSA) is 48.3 Å². The Morgan fingerprint density at radius 1 is 1.44 bits per heavy atom. The maximum atomic E-state index is 5.28. The van der Waals surface area contributed by atoms with E-state index >= 15 is 0 Å². The van der Waals surface area contributed by atoms with Gasteiger partial charge in [0, 0.05) is 39.5 Å². The minimum absolute atomic E-state index is 0.0895. The molecule has 1 N–H and O–H groups in total. The molecule has 0 spiro atoms. The summed E-state index contributed by atoms with van der Waals surface area (Å²) in [4.78, 5) is 0. The van der Waals surface area contributed by atoms with Gasteiger partial charge >= 0.3 is 0 Å². The molecule has 5 heteroatoms. The Labute approximate surface area is 109 Å². The minimum atomic E-state index is 0.0895. The van der Waals surface area contributed by atoms with Crippen LogP contribution in [-0.2, 0) is 16.0 Å². The Morgan fingerprint density at radius 2 is 2.22 bits per heavy atom. The monoisotopic (exact) mass is 255 g/mol. The van der Waals surface area contributed by atoms with Crippen LogP contribution in [0.25, 0.3) is 0 Å². The number of nitrogens with zero attached hydrogens (tertiary/aromatic N) is 2. The number of nitrogens with one attached hydrogen (secondary N) is 1. The zero-order valence-electron chi connectivity index (χ0n) is 11.8. The molecule has 104 valence electrons. The molecule has 1 heterocycles. The molecule has 0 aromatic carbocycles. The lowest BCUT2D eigenvalue weighted by Crippen LogP contribution is -2.31. The van der Waals surface area contributed by atoms with Crippen molar-refractivity contribution in [3.63, 3.8) is 0 Å². The third-order valence-electron chi connectivity index (χ3n) is 3.07. The Hall–Kier alpha value is -0.910. The molecule has 0 amide bonds. The predicted octanol–water partition coefficient (Wildman–Crippen LogP) is 1.61. The van der Waals surface area contributed by atoms with E-state index in [-0.39, 0.29) is 6.10 Å². The first-order chi connectivity index (χ1) is 8.71. The maximum absolute atomic E-state index is 5.28. The molecule has 0 aliphatic carbocycles. The van der Waals surface area contributed by atoms with Gasteiger partial charge < -0.3 is 14.8 Å². The van der Waals surface area contributed by atoms with Crippen molar-refractivity contribution in [3.05, 3.63) is 18.0 Å². The summed E-state index contributed by atoms with van der Waals surface area (Å²) >= 11 is 0. The van der Waals surface area contributed by atoms with Crippen molar-refractivity contribution in [2.24, 2.45) is 0 Å². The maximum Gasteiger partial charge on any atom is 0.0928 e. The van der Waals surface area contributed by atoms with Gasteiger partial charge in [0.25, 0.3) is 0 Å². The van der Waals surface area contributed by atoms with Crippen LogP contribution in [0.5, 0.6) is 0 Å². The molecule has 0 fully saturated rings. The van der Waals surface area contributed by atoms with Gasteiger partial charge in [0.05, 0.1) is 18.4 Å². The lowest BCUT2D eigenvalue weighted by atomic mass is 10.3. The summed E-state index contributed by atoms with van der Waals surface area (Å²) < 4.78 is 12.4. The van der Waals surface area contributed by atoms with Crippen LogP contribution in [0, 0.1) is 0 Å². The fraction of sp³-hybridized carbons (Fsp3) is 0.769. The average Bonchev–Trinajstić information content (AvgIpc) is 2.85. The molecule has 1 aromatic heterocycles. The third-order valence-corrected chi connectivity index (χ3v) is 3.07. The van der Waals surface area contributed by atoms with Gasteiger partial charge in [-0.3, -0.25) is 4.68 Å². The minimum Gasteiger partial charge on any atom is -0.382 e. The highest BCUT2D eigenvalue weighted by molar-refractivity contribution is 4.99. The zero-order valence-corrected chi connectivity index (χ0v) is 11.8. The molecule has 1 aromatic rings. The second-order valence-electron chi connectivity index (χ2n) is 4.49. The molecule has 1 rings (SSSR count). The van der Waals surface area contributed by atoms with E-state index in [1.54, 1.807) is 14.2 Å². The number of aromatic nitrogens is 2. The number of ether oxygens (including phenoxy) is 2. The van der Waals surface area contributed by atoms with Crippen LogP contribution in [0.2, 0.25) is 0 Å². The molecular weight excluding hydrogens is 230 g/mol. The highest BCUT2D eigenvalue weighted by Gasteiger charge is 2.07. The summed E-state index contributed by atoms with van der Waals surface area (Å²) in [6, 6.07) is 2.51. The molecule has 0 bridgehead atoms. The van der Waals surface area contributed by atoms with Crippen molar-refractivity contribution in [1.82, 2.24) is 15.1 Å². The summed E-state index contributed by atoms with van der Waals surface area (Å²) in [7, 11) is 3.38. The van der Waals surface area contributed by atoms with Crippen molar-refractivity contribution < 1.29 is 9.47 Å². The molecule has 0 saturated carbocycles. The van der Waals surface area contributed by atoms with Gasteiger partial charge in [-0.25, -0.2) is 0 Å². The lowest BCUT2D eigenvalue weighted by Gasteiger charge is -2.14. The van der Waals surface area contributed by atoms with E-state index < -0.39 is 0 Å². The first-order valence-corrected chi connectivity index (χ1v) is 6.47. The summed E-state index contributed by atoms with van der Waals surface area (Å²) in [5.41, 5.74) is 1.06. The third kappa shape index (κ3) is 4.76. The Bertz CT molecular complexity index is 328. The molecule has 2 unspecified atom stereocenters. The summed E-state index contributed by atoms with van der Waals surface area (Å²) in [5, 5.41) is 7.86. The van der Waals surface area contributed by atoms with Gasteiger partial charge in [-0.2, -0.15) is 5.10 Å². The first kappa shape index (κ1) is 15.1. The number of hydrogen-bond donors (Lipinski definition) is 1. The van der Waals surface area contributed by atoms with Crippen LogP contribution in [-0.4, -0.2) is 43.3 Å². The van der Waals surface area contributed by atoms with Crippen molar-refractivity contribution in [1.29, 1.82) is 0 Å². The molecule has 0 aliphatic heterocycles. The van der Waals surface area contributed by atoms with Crippen molar-refractivity contribution in [3.8, 4) is 0 Å². The predicted molar refractivity (Wildman–Crippen MR) is 71.6 cm³/mol. The second kappa shape index (κ2) is 8.24. The Morgan fingerprint density at radius 3 is 2.83 bits per heavy atom. The summed E-state index contributed by atoms with van der Waals surface area (Å²) in [6.45, 7) is 6.46. The highest BCUT2D eigenvalue weighted by Crippen LogP contribution is 2.08. The van der Waals surface area contributed by atoms with E-state index in [9.17, 15) is 0 Å². The van der Waals surface area contributed by atoms with Crippen LogP contribution >= 0.6 is 0 Å². The Kier molecular flexibility index (Phi) is 6.93. The van der Waals surface area contributed by atoms with Crippen molar-refractivity contribution in [2.45, 2.75) is 39.0 Å². The van der Waals surface area contributed by atoms with Gasteiger partial charge in [0.15, 0.2) is 0 Å².